The highest BCUT2D eigenvalue weighted by atomic mass is 32.2. The zero-order chi connectivity index (χ0) is 10.1. The molecule has 5 nitrogen and oxygen atoms in total. The molecule has 2 N–H and O–H groups in total. The molecule has 6 heteroatoms. The van der Waals surface area contributed by atoms with Crippen molar-refractivity contribution in [3.05, 3.63) is 18.2 Å². The number of aromatic amines is 1. The van der Waals surface area contributed by atoms with E-state index in [-0.39, 0.29) is 5.75 Å². The summed E-state index contributed by atoms with van der Waals surface area (Å²) in [6, 6.07) is 0. The topological polar surface area (TPSA) is 83.1 Å². The lowest BCUT2D eigenvalue weighted by molar-refractivity contribution is 0.454. The Hall–Kier alpha value is -0.880. The van der Waals surface area contributed by atoms with E-state index in [4.69, 9.17) is 4.55 Å². The van der Waals surface area contributed by atoms with Gasteiger partial charge in [0, 0.05) is 17.8 Å². The summed E-state index contributed by atoms with van der Waals surface area (Å²) < 4.78 is 30.0. The molecular formula is C7H12N2O3S. The van der Waals surface area contributed by atoms with Crippen LogP contribution in [0.3, 0.4) is 0 Å². The fourth-order valence-electron chi connectivity index (χ4n) is 1.16. The molecule has 0 spiro atoms. The van der Waals surface area contributed by atoms with Crippen molar-refractivity contribution in [3.63, 3.8) is 0 Å². The lowest BCUT2D eigenvalue weighted by atomic mass is 9.96. The molecule has 1 rings (SSSR count). The normalized spacial score (nSPS) is 13.2. The maximum Gasteiger partial charge on any atom is 0.265 e. The van der Waals surface area contributed by atoms with Crippen LogP contribution in [0.5, 0.6) is 0 Å². The van der Waals surface area contributed by atoms with Gasteiger partial charge in [0.05, 0.1) is 5.75 Å². The van der Waals surface area contributed by atoms with Crippen LogP contribution in [-0.4, -0.2) is 28.7 Å². The first-order valence-electron chi connectivity index (χ1n) is 3.76. The summed E-state index contributed by atoms with van der Waals surface area (Å²) >= 11 is 0. The van der Waals surface area contributed by atoms with Crippen molar-refractivity contribution in [3.8, 4) is 0 Å². The Morgan fingerprint density at radius 2 is 2.23 bits per heavy atom. The molecule has 1 aromatic heterocycles. The molecule has 0 bridgehead atoms. The summed E-state index contributed by atoms with van der Waals surface area (Å²) in [4.78, 5) is 6.75. The van der Waals surface area contributed by atoms with E-state index in [2.05, 4.69) is 9.97 Å². The van der Waals surface area contributed by atoms with Gasteiger partial charge in [-0.1, -0.05) is 13.8 Å². The minimum Gasteiger partial charge on any atom is -0.348 e. The van der Waals surface area contributed by atoms with Crippen molar-refractivity contribution >= 4 is 10.1 Å². The van der Waals surface area contributed by atoms with Crippen LogP contribution in [-0.2, 0) is 15.5 Å². The molecular weight excluding hydrogens is 192 g/mol. The van der Waals surface area contributed by atoms with Crippen LogP contribution >= 0.6 is 0 Å². The number of H-pyrrole nitrogens is 1. The van der Waals surface area contributed by atoms with Crippen molar-refractivity contribution in [2.24, 2.45) is 0 Å². The first-order valence-corrected chi connectivity index (χ1v) is 5.37. The predicted molar refractivity (Wildman–Crippen MR) is 48.0 cm³/mol. The number of hydrogen-bond donors (Lipinski definition) is 2. The third kappa shape index (κ3) is 2.82. The molecule has 0 atom stereocenters. The molecule has 0 aliphatic rings. The SMILES string of the molecule is CC(C)(CS(=O)(=O)O)c1ncc[nH]1. The van der Waals surface area contributed by atoms with Gasteiger partial charge in [-0.05, 0) is 0 Å². The molecule has 0 aliphatic heterocycles. The second-order valence-electron chi connectivity index (χ2n) is 3.55. The molecule has 0 radical (unpaired) electrons. The van der Waals surface area contributed by atoms with Gasteiger partial charge in [-0.2, -0.15) is 8.42 Å². The third-order valence-electron chi connectivity index (χ3n) is 1.68. The van der Waals surface area contributed by atoms with Crippen molar-refractivity contribution in [1.29, 1.82) is 0 Å². The Balaban J connectivity index is 2.91. The van der Waals surface area contributed by atoms with Gasteiger partial charge in [-0.25, -0.2) is 4.98 Å². The predicted octanol–water partition coefficient (Wildman–Crippen LogP) is 0.575. The fraction of sp³-hybridized carbons (Fsp3) is 0.571. The molecule has 13 heavy (non-hydrogen) atoms. The van der Waals surface area contributed by atoms with E-state index in [0.717, 1.165) is 0 Å². The Bertz CT molecular complexity index is 366. The Morgan fingerprint density at radius 1 is 1.62 bits per heavy atom. The molecule has 0 saturated carbocycles. The molecule has 74 valence electrons. The van der Waals surface area contributed by atoms with Crippen molar-refractivity contribution in [1.82, 2.24) is 9.97 Å². The Morgan fingerprint density at radius 3 is 2.62 bits per heavy atom. The van der Waals surface area contributed by atoms with Crippen LogP contribution in [0.2, 0.25) is 0 Å². The highest BCUT2D eigenvalue weighted by Gasteiger charge is 2.28. The van der Waals surface area contributed by atoms with Gasteiger partial charge in [0.1, 0.15) is 5.82 Å². The largest absolute Gasteiger partial charge is 0.348 e. The van der Waals surface area contributed by atoms with Gasteiger partial charge in [0.2, 0.25) is 0 Å². The van der Waals surface area contributed by atoms with E-state index >= 15 is 0 Å². The molecule has 0 saturated heterocycles. The molecule has 0 unspecified atom stereocenters. The highest BCUT2D eigenvalue weighted by molar-refractivity contribution is 7.85. The van der Waals surface area contributed by atoms with Gasteiger partial charge in [0.25, 0.3) is 10.1 Å². The van der Waals surface area contributed by atoms with Crippen LogP contribution in [0.25, 0.3) is 0 Å². The van der Waals surface area contributed by atoms with Gasteiger partial charge in [-0.15, -0.1) is 0 Å². The quantitative estimate of drug-likeness (QED) is 0.705. The smallest absolute Gasteiger partial charge is 0.265 e. The van der Waals surface area contributed by atoms with E-state index in [1.165, 1.54) is 0 Å². The number of hydrogen-bond acceptors (Lipinski definition) is 3. The zero-order valence-electron chi connectivity index (χ0n) is 7.48. The first kappa shape index (κ1) is 10.2. The summed E-state index contributed by atoms with van der Waals surface area (Å²) in [5, 5.41) is 0. The molecule has 0 amide bonds. The number of rotatable bonds is 3. The molecule has 0 aromatic carbocycles. The van der Waals surface area contributed by atoms with E-state index in [0.29, 0.717) is 5.82 Å². The van der Waals surface area contributed by atoms with Crippen LogP contribution in [0.4, 0.5) is 0 Å². The van der Waals surface area contributed by atoms with Crippen LogP contribution in [0, 0.1) is 0 Å². The number of nitrogens with one attached hydrogen (secondary N) is 1. The first-order chi connectivity index (χ1) is 5.81. The second-order valence-corrected chi connectivity index (χ2v) is 5.00. The van der Waals surface area contributed by atoms with E-state index in [9.17, 15) is 8.42 Å². The minimum atomic E-state index is -3.97. The van der Waals surface area contributed by atoms with E-state index < -0.39 is 15.5 Å². The average Bonchev–Trinajstić information content (AvgIpc) is 2.29. The van der Waals surface area contributed by atoms with E-state index in [1.807, 2.05) is 0 Å². The summed E-state index contributed by atoms with van der Waals surface area (Å²) in [7, 11) is -3.97. The number of imidazole rings is 1. The van der Waals surface area contributed by atoms with Crippen molar-refractivity contribution in [2.75, 3.05) is 5.75 Å². The van der Waals surface area contributed by atoms with Gasteiger partial charge in [0.15, 0.2) is 0 Å². The van der Waals surface area contributed by atoms with Gasteiger partial charge in [-0.3, -0.25) is 4.55 Å². The van der Waals surface area contributed by atoms with E-state index in [1.54, 1.807) is 26.2 Å². The minimum absolute atomic E-state index is 0.340. The van der Waals surface area contributed by atoms with Crippen molar-refractivity contribution < 1.29 is 13.0 Å². The van der Waals surface area contributed by atoms with Gasteiger partial charge >= 0.3 is 0 Å². The number of aromatic nitrogens is 2. The number of nitrogens with zero attached hydrogens (tertiary/aromatic N) is 1. The van der Waals surface area contributed by atoms with Gasteiger partial charge < -0.3 is 4.98 Å². The summed E-state index contributed by atoms with van der Waals surface area (Å²) in [6.07, 6.45) is 3.15. The Kier molecular flexibility index (Phi) is 2.44. The molecule has 0 aliphatic carbocycles. The Labute approximate surface area is 76.9 Å². The molecule has 1 aromatic rings. The maximum atomic E-state index is 10.7. The summed E-state index contributed by atoms with van der Waals surface area (Å²) in [5.74, 6) is 0.207. The average molecular weight is 204 g/mol. The fourth-order valence-corrected chi connectivity index (χ4v) is 2.21. The lowest BCUT2D eigenvalue weighted by Gasteiger charge is -2.19. The maximum absolute atomic E-state index is 10.7. The molecule has 1 heterocycles. The molecule has 0 fully saturated rings. The monoisotopic (exact) mass is 204 g/mol. The standard InChI is InChI=1S/C7H12N2O3S/c1-7(2,5-13(10,11)12)6-8-3-4-9-6/h3-4H,5H2,1-2H3,(H,8,9)(H,10,11,12). The summed E-state index contributed by atoms with van der Waals surface area (Å²) in [5.41, 5.74) is -0.697. The second kappa shape index (κ2) is 3.12. The van der Waals surface area contributed by atoms with Crippen molar-refractivity contribution in [2.45, 2.75) is 19.3 Å². The highest BCUT2D eigenvalue weighted by Crippen LogP contribution is 2.20. The third-order valence-corrected chi connectivity index (χ3v) is 2.77. The van der Waals surface area contributed by atoms with Crippen LogP contribution in [0.15, 0.2) is 12.4 Å². The lowest BCUT2D eigenvalue weighted by Crippen LogP contribution is -2.29. The van der Waals surface area contributed by atoms with Crippen LogP contribution in [0.1, 0.15) is 19.7 Å². The van der Waals surface area contributed by atoms with Crippen LogP contribution < -0.4 is 0 Å². The zero-order valence-corrected chi connectivity index (χ0v) is 8.30. The summed E-state index contributed by atoms with van der Waals surface area (Å²) in [6.45, 7) is 3.39.